The first kappa shape index (κ1) is 10.9. The van der Waals surface area contributed by atoms with E-state index in [4.69, 9.17) is 15.6 Å². The molecule has 5 N–H and O–H groups in total. The van der Waals surface area contributed by atoms with Crippen molar-refractivity contribution < 1.29 is 20.1 Å². The number of aliphatic hydroxyl groups excluding tert-OH is 3. The molecule has 0 fully saturated rings. The summed E-state index contributed by atoms with van der Waals surface area (Å²) in [5.41, 5.74) is 5.34. The van der Waals surface area contributed by atoms with Gasteiger partial charge in [0, 0.05) is 0 Å². The van der Waals surface area contributed by atoms with Crippen LogP contribution in [-0.4, -0.2) is 42.8 Å². The minimum atomic E-state index is -1.27. The van der Waals surface area contributed by atoms with E-state index in [0.717, 1.165) is 0 Å². The summed E-state index contributed by atoms with van der Waals surface area (Å²) in [5.74, 6) is -0.0627. The third-order valence-electron chi connectivity index (χ3n) is 2.24. The Morgan fingerprint density at radius 2 is 2.31 bits per heavy atom. The van der Waals surface area contributed by atoms with Crippen molar-refractivity contribution >= 4 is 0 Å². The summed E-state index contributed by atoms with van der Waals surface area (Å²) in [6.45, 7) is -0.320. The number of aromatic nitrogens is 3. The molecule has 16 heavy (non-hydrogen) atoms. The van der Waals surface area contributed by atoms with Crippen LogP contribution >= 0.6 is 0 Å². The van der Waals surface area contributed by atoms with E-state index in [9.17, 15) is 10.2 Å². The molecule has 0 saturated heterocycles. The lowest BCUT2D eigenvalue weighted by Gasteiger charge is -2.14. The SMILES string of the molecule is NCc1ncn([C@@H]2OC(CO)=C(O)C2O)n1. The van der Waals surface area contributed by atoms with Gasteiger partial charge in [-0.3, -0.25) is 0 Å². The van der Waals surface area contributed by atoms with E-state index in [0.29, 0.717) is 5.82 Å². The average molecular weight is 228 g/mol. The van der Waals surface area contributed by atoms with E-state index in [-0.39, 0.29) is 12.3 Å². The van der Waals surface area contributed by atoms with Crippen molar-refractivity contribution in [3.63, 3.8) is 0 Å². The maximum atomic E-state index is 9.63. The topological polar surface area (TPSA) is 127 Å². The molecule has 1 aromatic heterocycles. The summed E-state index contributed by atoms with van der Waals surface area (Å²) < 4.78 is 6.37. The van der Waals surface area contributed by atoms with Gasteiger partial charge in [0.05, 0.1) is 6.54 Å². The molecule has 0 aliphatic carbocycles. The van der Waals surface area contributed by atoms with E-state index in [1.54, 1.807) is 0 Å². The fourth-order valence-electron chi connectivity index (χ4n) is 1.41. The second-order valence-electron chi connectivity index (χ2n) is 3.26. The number of ether oxygens (including phenoxy) is 1. The Balaban J connectivity index is 2.19. The monoisotopic (exact) mass is 228 g/mol. The highest BCUT2D eigenvalue weighted by Gasteiger charge is 2.37. The lowest BCUT2D eigenvalue weighted by Crippen LogP contribution is -2.23. The van der Waals surface area contributed by atoms with Gasteiger partial charge in [-0.25, -0.2) is 9.67 Å². The fourth-order valence-corrected chi connectivity index (χ4v) is 1.41. The molecule has 1 aliphatic heterocycles. The van der Waals surface area contributed by atoms with Crippen molar-refractivity contribution in [1.82, 2.24) is 14.8 Å². The van der Waals surface area contributed by atoms with E-state index >= 15 is 0 Å². The van der Waals surface area contributed by atoms with Crippen LogP contribution in [0.2, 0.25) is 0 Å². The third kappa shape index (κ3) is 1.62. The number of nitrogens with zero attached hydrogens (tertiary/aromatic N) is 3. The van der Waals surface area contributed by atoms with Crippen LogP contribution in [0.5, 0.6) is 0 Å². The highest BCUT2D eigenvalue weighted by Crippen LogP contribution is 2.30. The summed E-state index contributed by atoms with van der Waals surface area (Å²) in [4.78, 5) is 3.86. The van der Waals surface area contributed by atoms with Gasteiger partial charge in [-0.05, 0) is 0 Å². The Morgan fingerprint density at radius 3 is 2.81 bits per heavy atom. The highest BCUT2D eigenvalue weighted by atomic mass is 16.5. The summed E-state index contributed by atoms with van der Waals surface area (Å²) in [6, 6.07) is 0. The van der Waals surface area contributed by atoms with Gasteiger partial charge in [-0.2, -0.15) is 5.10 Å². The van der Waals surface area contributed by atoms with Crippen molar-refractivity contribution in [2.75, 3.05) is 6.61 Å². The average Bonchev–Trinajstić information content (AvgIpc) is 2.86. The predicted octanol–water partition coefficient (Wildman–Crippen LogP) is -1.61. The van der Waals surface area contributed by atoms with Gasteiger partial charge in [-0.1, -0.05) is 0 Å². The van der Waals surface area contributed by atoms with Crippen LogP contribution in [0.4, 0.5) is 0 Å². The molecule has 0 saturated carbocycles. The first-order chi connectivity index (χ1) is 7.67. The maximum absolute atomic E-state index is 9.63. The molecule has 0 radical (unpaired) electrons. The molecule has 8 heteroatoms. The van der Waals surface area contributed by atoms with Gasteiger partial charge >= 0.3 is 0 Å². The van der Waals surface area contributed by atoms with Crippen molar-refractivity contribution in [3.8, 4) is 0 Å². The summed E-state index contributed by atoms with van der Waals surface area (Å²) >= 11 is 0. The molecular weight excluding hydrogens is 216 g/mol. The molecule has 2 atom stereocenters. The molecule has 0 aromatic carbocycles. The summed E-state index contributed by atoms with van der Waals surface area (Å²) in [6.07, 6.45) is -0.853. The number of hydrogen-bond acceptors (Lipinski definition) is 7. The van der Waals surface area contributed by atoms with Gasteiger partial charge in [0.15, 0.2) is 23.4 Å². The first-order valence-corrected chi connectivity index (χ1v) is 4.65. The molecule has 8 nitrogen and oxygen atoms in total. The van der Waals surface area contributed by atoms with Crippen LogP contribution in [0.25, 0.3) is 0 Å². The normalized spacial score (nSPS) is 24.9. The minimum Gasteiger partial charge on any atom is -0.506 e. The van der Waals surface area contributed by atoms with Crippen molar-refractivity contribution in [2.45, 2.75) is 18.9 Å². The van der Waals surface area contributed by atoms with Crippen LogP contribution in [0.1, 0.15) is 12.1 Å². The second-order valence-corrected chi connectivity index (χ2v) is 3.26. The highest BCUT2D eigenvalue weighted by molar-refractivity contribution is 5.12. The Bertz CT molecular complexity index is 416. The van der Waals surface area contributed by atoms with Crippen molar-refractivity contribution in [3.05, 3.63) is 23.7 Å². The largest absolute Gasteiger partial charge is 0.506 e. The number of nitrogens with two attached hydrogens (primary N) is 1. The summed E-state index contributed by atoms with van der Waals surface area (Å²) in [5, 5.41) is 31.8. The zero-order valence-electron chi connectivity index (χ0n) is 8.32. The van der Waals surface area contributed by atoms with Crippen LogP contribution in [0, 0.1) is 0 Å². The lowest BCUT2D eigenvalue weighted by atomic mass is 10.3. The molecule has 1 unspecified atom stereocenters. The van der Waals surface area contributed by atoms with Gasteiger partial charge in [-0.15, -0.1) is 0 Å². The van der Waals surface area contributed by atoms with Crippen LogP contribution in [0.15, 0.2) is 17.8 Å². The Hall–Kier alpha value is -1.64. The van der Waals surface area contributed by atoms with Crippen LogP contribution < -0.4 is 5.73 Å². The quantitative estimate of drug-likeness (QED) is 0.490. The van der Waals surface area contributed by atoms with Crippen molar-refractivity contribution in [1.29, 1.82) is 0 Å². The Kier molecular flexibility index (Phi) is 2.77. The van der Waals surface area contributed by atoms with Gasteiger partial charge < -0.3 is 25.8 Å². The zero-order valence-corrected chi connectivity index (χ0v) is 8.32. The molecule has 0 spiro atoms. The van der Waals surface area contributed by atoms with Gasteiger partial charge in [0.1, 0.15) is 12.9 Å². The van der Waals surface area contributed by atoms with Gasteiger partial charge in [0.2, 0.25) is 6.23 Å². The van der Waals surface area contributed by atoms with E-state index in [1.807, 2.05) is 0 Å². The van der Waals surface area contributed by atoms with Gasteiger partial charge in [0.25, 0.3) is 0 Å². The molecule has 2 rings (SSSR count). The van der Waals surface area contributed by atoms with E-state index in [2.05, 4.69) is 10.1 Å². The van der Waals surface area contributed by atoms with Crippen LogP contribution in [-0.2, 0) is 11.3 Å². The first-order valence-electron chi connectivity index (χ1n) is 4.65. The lowest BCUT2D eigenvalue weighted by molar-refractivity contribution is -0.0222. The molecule has 0 amide bonds. The second kappa shape index (κ2) is 4.08. The molecule has 0 bridgehead atoms. The number of aliphatic hydroxyl groups is 3. The van der Waals surface area contributed by atoms with Crippen molar-refractivity contribution in [2.24, 2.45) is 5.73 Å². The minimum absolute atomic E-state index is 0.0673. The predicted molar refractivity (Wildman–Crippen MR) is 50.8 cm³/mol. The molecule has 2 heterocycles. The zero-order chi connectivity index (χ0) is 11.7. The van der Waals surface area contributed by atoms with Crippen LogP contribution in [0.3, 0.4) is 0 Å². The van der Waals surface area contributed by atoms with E-state index < -0.39 is 24.7 Å². The summed E-state index contributed by atoms with van der Waals surface area (Å²) in [7, 11) is 0. The molecule has 1 aliphatic rings. The molecule has 88 valence electrons. The number of rotatable bonds is 3. The number of hydrogen-bond donors (Lipinski definition) is 4. The maximum Gasteiger partial charge on any atom is 0.225 e. The third-order valence-corrected chi connectivity index (χ3v) is 2.24. The standard InChI is InChI=1S/C8H12N4O4/c9-1-5-10-3-12(11-5)8-7(15)6(14)4(2-13)16-8/h3,7-8,13-15H,1-2,9H2/t7?,8-/m1/s1. The fraction of sp³-hybridized carbons (Fsp3) is 0.500. The molecular formula is C8H12N4O4. The Labute approximate surface area is 90.6 Å². The molecule has 1 aromatic rings. The Morgan fingerprint density at radius 1 is 1.56 bits per heavy atom. The smallest absolute Gasteiger partial charge is 0.225 e. The van der Waals surface area contributed by atoms with E-state index in [1.165, 1.54) is 11.0 Å².